The molecule has 1 aliphatic rings. The summed E-state index contributed by atoms with van der Waals surface area (Å²) in [4.78, 5) is 26.1. The predicted molar refractivity (Wildman–Crippen MR) is 102 cm³/mol. The molecule has 0 spiro atoms. The van der Waals surface area contributed by atoms with Gasteiger partial charge in [0, 0.05) is 43.8 Å². The van der Waals surface area contributed by atoms with E-state index in [1.165, 1.54) is 0 Å². The first-order valence-electron chi connectivity index (χ1n) is 8.73. The highest BCUT2D eigenvalue weighted by Gasteiger charge is 2.22. The molecule has 28 heavy (non-hydrogen) atoms. The molecule has 0 radical (unpaired) electrons. The molecule has 0 N–H and O–H groups in total. The molecular formula is C19H19ClFN3O4. The third-order valence-electron chi connectivity index (χ3n) is 4.52. The number of halogens is 2. The second kappa shape index (κ2) is 8.99. The molecule has 2 aromatic carbocycles. The van der Waals surface area contributed by atoms with Crippen molar-refractivity contribution < 1.29 is 18.8 Å². The number of hydrogen-bond acceptors (Lipinski definition) is 5. The summed E-state index contributed by atoms with van der Waals surface area (Å²) in [5, 5.41) is 11.3. The molecule has 0 saturated carbocycles. The summed E-state index contributed by atoms with van der Waals surface area (Å²) in [5.74, 6) is -1.29. The third kappa shape index (κ3) is 5.17. The highest BCUT2D eigenvalue weighted by Crippen LogP contribution is 2.22. The van der Waals surface area contributed by atoms with Gasteiger partial charge in [-0.25, -0.2) is 4.39 Å². The number of nitrogens with zero attached hydrogens (tertiary/aromatic N) is 3. The number of amides is 1. The van der Waals surface area contributed by atoms with Gasteiger partial charge in [0.05, 0.1) is 11.0 Å². The fourth-order valence-corrected chi connectivity index (χ4v) is 3.08. The van der Waals surface area contributed by atoms with E-state index in [-0.39, 0.29) is 24.0 Å². The highest BCUT2D eigenvalue weighted by molar-refractivity contribution is 6.30. The molecular weight excluding hydrogens is 389 g/mol. The van der Waals surface area contributed by atoms with Crippen molar-refractivity contribution in [1.82, 2.24) is 9.80 Å². The van der Waals surface area contributed by atoms with Crippen LogP contribution in [-0.2, 0) is 11.3 Å². The molecule has 1 amide bonds. The minimum absolute atomic E-state index is 0.180. The van der Waals surface area contributed by atoms with Crippen LogP contribution in [0, 0.1) is 15.9 Å². The van der Waals surface area contributed by atoms with Crippen LogP contribution in [0.15, 0.2) is 42.5 Å². The molecule has 9 heteroatoms. The number of rotatable bonds is 6. The van der Waals surface area contributed by atoms with Crippen LogP contribution in [0.25, 0.3) is 0 Å². The number of hydrogen-bond donors (Lipinski definition) is 0. The van der Waals surface area contributed by atoms with Gasteiger partial charge in [-0.1, -0.05) is 23.7 Å². The monoisotopic (exact) mass is 407 g/mol. The second-order valence-corrected chi connectivity index (χ2v) is 6.88. The Kier molecular flexibility index (Phi) is 6.43. The largest absolute Gasteiger partial charge is 0.481 e. The molecule has 148 valence electrons. The Bertz CT molecular complexity index is 855. The van der Waals surface area contributed by atoms with Crippen molar-refractivity contribution in [2.24, 2.45) is 0 Å². The molecule has 1 fully saturated rings. The van der Waals surface area contributed by atoms with Crippen LogP contribution in [0.3, 0.4) is 0 Å². The van der Waals surface area contributed by atoms with E-state index in [1.807, 2.05) is 24.3 Å². The molecule has 0 aliphatic carbocycles. The number of nitro benzene ring substituents is 1. The van der Waals surface area contributed by atoms with Crippen molar-refractivity contribution in [2.45, 2.75) is 6.54 Å². The molecule has 0 bridgehead atoms. The lowest BCUT2D eigenvalue weighted by molar-refractivity contribution is -0.385. The average Bonchev–Trinajstić information content (AvgIpc) is 2.69. The summed E-state index contributed by atoms with van der Waals surface area (Å²) in [6, 6.07) is 10.7. The summed E-state index contributed by atoms with van der Waals surface area (Å²) in [6.45, 7) is 3.02. The molecule has 2 aromatic rings. The Morgan fingerprint density at radius 2 is 1.82 bits per heavy atom. The highest BCUT2D eigenvalue weighted by atomic mass is 35.5. The molecule has 0 atom stereocenters. The van der Waals surface area contributed by atoms with E-state index in [1.54, 1.807) is 4.90 Å². The van der Waals surface area contributed by atoms with Crippen LogP contribution >= 0.6 is 11.6 Å². The van der Waals surface area contributed by atoms with Gasteiger partial charge in [-0.15, -0.1) is 0 Å². The first-order chi connectivity index (χ1) is 13.4. The first kappa shape index (κ1) is 20.0. The molecule has 1 heterocycles. The fraction of sp³-hybridized carbons (Fsp3) is 0.316. The summed E-state index contributed by atoms with van der Waals surface area (Å²) < 4.78 is 19.0. The quantitative estimate of drug-likeness (QED) is 0.543. The lowest BCUT2D eigenvalue weighted by Gasteiger charge is -2.34. The maximum Gasteiger partial charge on any atom is 0.272 e. The van der Waals surface area contributed by atoms with Crippen molar-refractivity contribution in [3.8, 4) is 5.75 Å². The summed E-state index contributed by atoms with van der Waals surface area (Å²) in [7, 11) is 0. The maximum atomic E-state index is 13.8. The number of piperazine rings is 1. The fourth-order valence-electron chi connectivity index (χ4n) is 2.95. The molecule has 1 aliphatic heterocycles. The van der Waals surface area contributed by atoms with Gasteiger partial charge < -0.3 is 9.64 Å². The lowest BCUT2D eigenvalue weighted by Crippen LogP contribution is -2.49. The SMILES string of the molecule is O=C(COc1ccc([N+](=O)[O-])cc1F)N1CCN(Cc2ccc(Cl)cc2)CC1. The molecule has 7 nitrogen and oxygen atoms in total. The predicted octanol–water partition coefficient (Wildman–Crippen LogP) is 3.11. The van der Waals surface area contributed by atoms with Crippen LogP contribution in [0.4, 0.5) is 10.1 Å². The Labute approximate surface area is 166 Å². The minimum Gasteiger partial charge on any atom is -0.481 e. The molecule has 3 rings (SSSR count). The Morgan fingerprint density at radius 1 is 1.14 bits per heavy atom. The minimum atomic E-state index is -0.866. The summed E-state index contributed by atoms with van der Waals surface area (Å²) in [6.07, 6.45) is 0. The van der Waals surface area contributed by atoms with Gasteiger partial charge in [-0.3, -0.25) is 19.8 Å². The zero-order chi connectivity index (χ0) is 20.1. The number of non-ortho nitro benzene ring substituents is 1. The van der Waals surface area contributed by atoms with Gasteiger partial charge in [-0.2, -0.15) is 0 Å². The van der Waals surface area contributed by atoms with Crippen LogP contribution in [-0.4, -0.2) is 53.4 Å². The van der Waals surface area contributed by atoms with Gasteiger partial charge in [0.15, 0.2) is 18.2 Å². The molecule has 0 aromatic heterocycles. The molecule has 1 saturated heterocycles. The smallest absolute Gasteiger partial charge is 0.272 e. The number of benzene rings is 2. The first-order valence-corrected chi connectivity index (χ1v) is 9.11. The van der Waals surface area contributed by atoms with Gasteiger partial charge in [0.2, 0.25) is 0 Å². The van der Waals surface area contributed by atoms with Crippen molar-refractivity contribution in [3.63, 3.8) is 0 Å². The van der Waals surface area contributed by atoms with E-state index in [9.17, 15) is 19.3 Å². The van der Waals surface area contributed by atoms with Crippen molar-refractivity contribution in [3.05, 3.63) is 69.0 Å². The Balaban J connectivity index is 1.46. The van der Waals surface area contributed by atoms with Crippen LogP contribution in [0.2, 0.25) is 5.02 Å². The van der Waals surface area contributed by atoms with E-state index in [0.717, 1.165) is 43.4 Å². The van der Waals surface area contributed by atoms with Crippen LogP contribution < -0.4 is 4.74 Å². The number of nitro groups is 1. The number of carbonyl (C=O) groups excluding carboxylic acids is 1. The van der Waals surface area contributed by atoms with Crippen molar-refractivity contribution in [1.29, 1.82) is 0 Å². The maximum absolute atomic E-state index is 13.8. The van der Waals surface area contributed by atoms with Crippen molar-refractivity contribution in [2.75, 3.05) is 32.8 Å². The van der Waals surface area contributed by atoms with Gasteiger partial charge in [-0.05, 0) is 23.8 Å². The zero-order valence-corrected chi connectivity index (χ0v) is 15.8. The average molecular weight is 408 g/mol. The third-order valence-corrected chi connectivity index (χ3v) is 4.77. The number of carbonyl (C=O) groups is 1. The van der Waals surface area contributed by atoms with E-state index in [2.05, 4.69) is 4.90 Å². The van der Waals surface area contributed by atoms with E-state index in [0.29, 0.717) is 18.1 Å². The summed E-state index contributed by atoms with van der Waals surface area (Å²) >= 11 is 5.89. The standard InChI is InChI=1S/C19H19ClFN3O4/c20-15-3-1-14(2-4-15)12-22-7-9-23(10-8-22)19(25)13-28-18-6-5-16(24(26)27)11-17(18)21/h1-6,11H,7-10,12-13H2. The van der Waals surface area contributed by atoms with E-state index >= 15 is 0 Å². The summed E-state index contributed by atoms with van der Waals surface area (Å²) in [5.41, 5.74) is 0.786. The van der Waals surface area contributed by atoms with Gasteiger partial charge in [0.25, 0.3) is 11.6 Å². The van der Waals surface area contributed by atoms with Crippen molar-refractivity contribution >= 4 is 23.2 Å². The van der Waals surface area contributed by atoms with Crippen LogP contribution in [0.1, 0.15) is 5.56 Å². The van der Waals surface area contributed by atoms with E-state index < -0.39 is 10.7 Å². The second-order valence-electron chi connectivity index (χ2n) is 6.44. The normalized spacial score (nSPS) is 14.7. The lowest BCUT2D eigenvalue weighted by atomic mass is 10.2. The topological polar surface area (TPSA) is 75.9 Å². The van der Waals surface area contributed by atoms with E-state index in [4.69, 9.17) is 16.3 Å². The van der Waals surface area contributed by atoms with Gasteiger partial charge in [0.1, 0.15) is 0 Å². The Morgan fingerprint density at radius 3 is 2.43 bits per heavy atom. The zero-order valence-electron chi connectivity index (χ0n) is 15.0. The Hall–Kier alpha value is -2.71. The van der Waals surface area contributed by atoms with Crippen LogP contribution in [0.5, 0.6) is 5.75 Å². The molecule has 0 unspecified atom stereocenters. The van der Waals surface area contributed by atoms with Gasteiger partial charge >= 0.3 is 0 Å². The number of ether oxygens (including phenoxy) is 1.